The summed E-state index contributed by atoms with van der Waals surface area (Å²) in [6.07, 6.45) is 14.9. The van der Waals surface area contributed by atoms with E-state index in [2.05, 4.69) is 125 Å². The van der Waals surface area contributed by atoms with Crippen molar-refractivity contribution in [1.82, 2.24) is 24.3 Å². The number of hydrogen-bond acceptors (Lipinski definition) is 7. The van der Waals surface area contributed by atoms with E-state index in [0.29, 0.717) is 96.4 Å². The van der Waals surface area contributed by atoms with Crippen molar-refractivity contribution in [2.45, 2.75) is 203 Å². The molecule has 526 valence electrons. The predicted molar refractivity (Wildman–Crippen MR) is 388 cm³/mol. The number of amides is 3. The summed E-state index contributed by atoms with van der Waals surface area (Å²) in [7, 11) is -3.46. The Morgan fingerprint density at radius 1 is 0.604 bits per heavy atom. The van der Waals surface area contributed by atoms with Crippen LogP contribution in [-0.4, -0.2) is 108 Å². The van der Waals surface area contributed by atoms with Crippen LogP contribution in [0.15, 0.2) is 156 Å². The SMILES string of the molecule is CC(C)C1=CC(C)(C)N(C(=O)c2ccccc2)C1.CC(C)C1CC(=O)N(C2CCCC2)C1.CC(C)C1CC(=O)N(Cc2ccccc2)C1.CC(C)C1CC(Oc2ccccc2)C1.CC(C)C1CCN(S(=O)(=O)c2ccc(F)cc2)C1.CC(C)[C@@H]1C[C@@H](Cc2cccc(F)c2)CN1. The molecule has 12 rings (SSSR count). The molecule has 5 atom stereocenters. The Balaban J connectivity index is 0.000000163. The van der Waals surface area contributed by atoms with E-state index in [1.165, 1.54) is 90.7 Å². The second-order valence-corrected chi connectivity index (χ2v) is 32.7. The van der Waals surface area contributed by atoms with Crippen molar-refractivity contribution >= 4 is 27.7 Å². The lowest BCUT2D eigenvalue weighted by atomic mass is 9.75. The molecule has 5 aromatic rings. The molecule has 4 saturated heterocycles. The molecule has 5 heterocycles. The summed E-state index contributed by atoms with van der Waals surface area (Å²) in [5, 5.41) is 3.55. The number of nitrogens with zero attached hydrogens (tertiary/aromatic N) is 4. The van der Waals surface area contributed by atoms with E-state index in [-0.39, 0.29) is 22.2 Å². The summed E-state index contributed by atoms with van der Waals surface area (Å²) in [5.74, 6) is 8.16. The zero-order valence-corrected chi connectivity index (χ0v) is 61.4. The van der Waals surface area contributed by atoms with Gasteiger partial charge in [0.1, 0.15) is 17.4 Å². The topological polar surface area (TPSA) is 120 Å². The van der Waals surface area contributed by atoms with Crippen LogP contribution in [0, 0.1) is 76.7 Å². The number of para-hydroxylation sites is 1. The Kier molecular flexibility index (Phi) is 29.4. The fourth-order valence-electron chi connectivity index (χ4n) is 14.1. The molecule has 7 aliphatic rings. The summed E-state index contributed by atoms with van der Waals surface area (Å²) in [6, 6.07) is 43.1. The van der Waals surface area contributed by atoms with Crippen LogP contribution in [0.1, 0.15) is 183 Å². The fourth-order valence-corrected chi connectivity index (χ4v) is 15.6. The molecular weight excluding hydrogens is 1220 g/mol. The van der Waals surface area contributed by atoms with Crippen LogP contribution in [0.2, 0.25) is 0 Å². The van der Waals surface area contributed by atoms with Crippen molar-refractivity contribution < 1.29 is 36.3 Å². The van der Waals surface area contributed by atoms with E-state index in [0.717, 1.165) is 87.1 Å². The van der Waals surface area contributed by atoms with Gasteiger partial charge in [-0.25, -0.2) is 17.2 Å². The summed E-state index contributed by atoms with van der Waals surface area (Å²) in [4.78, 5) is 42.4. The van der Waals surface area contributed by atoms with Crippen molar-refractivity contribution in [3.63, 3.8) is 0 Å². The van der Waals surface area contributed by atoms with Gasteiger partial charge in [0, 0.05) is 69.8 Å². The highest BCUT2D eigenvalue weighted by Crippen LogP contribution is 2.37. The summed E-state index contributed by atoms with van der Waals surface area (Å²) >= 11 is 0. The Morgan fingerprint density at radius 2 is 1.17 bits per heavy atom. The van der Waals surface area contributed by atoms with Crippen LogP contribution in [0.5, 0.6) is 5.75 Å². The van der Waals surface area contributed by atoms with Crippen LogP contribution in [0.25, 0.3) is 0 Å². The maximum Gasteiger partial charge on any atom is 0.254 e. The zero-order chi connectivity index (χ0) is 69.9. The Morgan fingerprint density at radius 3 is 1.69 bits per heavy atom. The molecule has 6 fully saturated rings. The van der Waals surface area contributed by atoms with Crippen molar-refractivity contribution in [2.24, 2.45) is 65.1 Å². The highest BCUT2D eigenvalue weighted by atomic mass is 32.2. The molecule has 5 aliphatic heterocycles. The third-order valence-electron chi connectivity index (χ3n) is 21.1. The number of nitrogens with one attached hydrogen (secondary N) is 1. The number of sulfonamides is 1. The molecular formula is C82H117F2N5O6S. The quantitative estimate of drug-likeness (QED) is 0.0977. The second kappa shape index (κ2) is 36.6. The molecule has 0 bridgehead atoms. The lowest BCUT2D eigenvalue weighted by Gasteiger charge is -2.37. The molecule has 14 heteroatoms. The van der Waals surface area contributed by atoms with Crippen LogP contribution >= 0.6 is 0 Å². The third kappa shape index (κ3) is 22.9. The molecule has 96 heavy (non-hydrogen) atoms. The van der Waals surface area contributed by atoms with Gasteiger partial charge in [0.25, 0.3) is 5.91 Å². The van der Waals surface area contributed by atoms with Crippen molar-refractivity contribution in [2.75, 3.05) is 39.3 Å². The monoisotopic (exact) mass is 1340 g/mol. The second-order valence-electron chi connectivity index (χ2n) is 30.8. The van der Waals surface area contributed by atoms with Gasteiger partial charge in [-0.05, 0) is 208 Å². The van der Waals surface area contributed by atoms with Crippen molar-refractivity contribution in [3.8, 4) is 5.75 Å². The number of carbonyl (C=O) groups is 3. The first kappa shape index (κ1) is 77.1. The lowest BCUT2D eigenvalue weighted by molar-refractivity contribution is -0.130. The molecule has 0 radical (unpaired) electrons. The third-order valence-corrected chi connectivity index (χ3v) is 22.9. The minimum Gasteiger partial charge on any atom is -0.490 e. The molecule has 0 spiro atoms. The van der Waals surface area contributed by atoms with E-state index < -0.39 is 15.8 Å². The molecule has 3 amide bonds. The predicted octanol–water partition coefficient (Wildman–Crippen LogP) is 17.6. The summed E-state index contributed by atoms with van der Waals surface area (Å²) in [5.41, 5.74) is 4.27. The highest BCUT2D eigenvalue weighted by molar-refractivity contribution is 7.89. The van der Waals surface area contributed by atoms with Crippen molar-refractivity contribution in [1.29, 1.82) is 0 Å². The standard InChI is InChI=1S/C16H21NO.C14H20FN.C14H19NO.C13H18FNO2S.C13H18O.C12H21NO/c1-12(2)14-10-16(3,4)17(11-14)15(18)13-8-6-5-7-9-13;1-10(2)14-8-12(9-16-14)6-11-4-3-5-13(15)7-11;1-11(2)13-8-14(16)15(10-13)9-12-6-4-3-5-7-12;1-10(2)11-7-8-15(9-11)18(16,17)13-5-3-12(14)4-6-13;1-10(2)11-8-13(9-11)14-12-6-4-3-5-7-12;1-9(2)10-7-12(14)13(8-10)11-5-3-4-6-11/h5-10,12H,11H2,1-4H3;3-5,7,10,12,14,16H,6,8-9H2,1-2H3;3-7,11,13H,8-10H2,1-2H3;3-6,10-11H,7-9H2,1-2H3;3-7,10-11,13H,8-9H2,1-2H3;9-11H,3-8H2,1-2H3/t;12-,14+;;;;/m.1..../s1. The van der Waals surface area contributed by atoms with Gasteiger partial charge >= 0.3 is 0 Å². The summed E-state index contributed by atoms with van der Waals surface area (Å²) < 4.78 is 57.8. The molecule has 1 N–H and O–H groups in total. The molecule has 3 unspecified atom stereocenters. The first-order valence-corrected chi connectivity index (χ1v) is 37.7. The van der Waals surface area contributed by atoms with Crippen molar-refractivity contribution in [3.05, 3.63) is 180 Å². The first-order chi connectivity index (χ1) is 45.6. The van der Waals surface area contributed by atoms with Crippen LogP contribution in [0.3, 0.4) is 0 Å². The van der Waals surface area contributed by atoms with Gasteiger partial charge in [-0.3, -0.25) is 14.4 Å². The van der Waals surface area contributed by atoms with Gasteiger partial charge in [-0.2, -0.15) is 4.31 Å². The van der Waals surface area contributed by atoms with E-state index in [9.17, 15) is 31.6 Å². The smallest absolute Gasteiger partial charge is 0.254 e. The number of ether oxygens (including phenoxy) is 1. The number of rotatable bonds is 16. The maximum absolute atomic E-state index is 13.0. The van der Waals surface area contributed by atoms with E-state index in [1.54, 1.807) is 12.1 Å². The highest BCUT2D eigenvalue weighted by Gasteiger charge is 2.39. The van der Waals surface area contributed by atoms with E-state index >= 15 is 0 Å². The van der Waals surface area contributed by atoms with Gasteiger partial charge in [-0.15, -0.1) is 0 Å². The van der Waals surface area contributed by atoms with E-state index in [4.69, 9.17) is 4.74 Å². The van der Waals surface area contributed by atoms with Crippen LogP contribution < -0.4 is 10.1 Å². The molecule has 5 aromatic carbocycles. The van der Waals surface area contributed by atoms with Gasteiger partial charge in [0.2, 0.25) is 21.8 Å². The maximum atomic E-state index is 13.0. The molecule has 2 saturated carbocycles. The molecule has 2 aliphatic carbocycles. The van der Waals surface area contributed by atoms with Gasteiger partial charge in [-0.1, -0.05) is 181 Å². The average molecular weight is 1340 g/mol. The summed E-state index contributed by atoms with van der Waals surface area (Å²) in [6.45, 7) is 36.4. The van der Waals surface area contributed by atoms with Crippen LogP contribution in [-0.2, 0) is 32.6 Å². The molecule has 11 nitrogen and oxygen atoms in total. The minimum absolute atomic E-state index is 0.118. The fraction of sp³-hybridized carbons (Fsp3) is 0.573. The largest absolute Gasteiger partial charge is 0.490 e. The Labute approximate surface area is 577 Å². The Bertz CT molecular complexity index is 3310. The van der Waals surface area contributed by atoms with Gasteiger partial charge in [0.05, 0.1) is 16.5 Å². The Hall–Kier alpha value is -6.22. The first-order valence-electron chi connectivity index (χ1n) is 36.2. The van der Waals surface area contributed by atoms with Gasteiger partial charge < -0.3 is 24.8 Å². The zero-order valence-electron chi connectivity index (χ0n) is 60.6. The number of benzene rings is 5. The number of halogens is 2. The lowest BCUT2D eigenvalue weighted by Crippen LogP contribution is -2.43. The number of likely N-dealkylation sites (tertiary alicyclic amines) is 2. The van der Waals surface area contributed by atoms with Crippen LogP contribution in [0.4, 0.5) is 8.78 Å². The molecule has 0 aromatic heterocycles. The number of carbonyl (C=O) groups excluding carboxylic acids is 3. The normalized spacial score (nSPS) is 23.2. The average Bonchev–Trinajstić information content (AvgIpc) is 1.61. The van der Waals surface area contributed by atoms with Gasteiger partial charge in [0.15, 0.2) is 0 Å². The number of hydrogen-bond donors (Lipinski definition) is 1. The minimum atomic E-state index is -3.46. The van der Waals surface area contributed by atoms with E-state index in [1.807, 2.05) is 94.7 Å².